The van der Waals surface area contributed by atoms with E-state index >= 15 is 0 Å². The summed E-state index contributed by atoms with van der Waals surface area (Å²) in [5.41, 5.74) is 4.64. The molecule has 1 aliphatic rings. The van der Waals surface area contributed by atoms with Gasteiger partial charge in [0.1, 0.15) is 0 Å². The minimum absolute atomic E-state index is 0.121. The largest absolute Gasteiger partial charge is 0.476 e. The van der Waals surface area contributed by atoms with Crippen LogP contribution in [0.5, 0.6) is 5.88 Å². The summed E-state index contributed by atoms with van der Waals surface area (Å²) >= 11 is 0. The molecule has 0 radical (unpaired) electrons. The maximum absolute atomic E-state index is 12.3. The van der Waals surface area contributed by atoms with E-state index in [0.29, 0.717) is 25.0 Å². The molecule has 106 valence electrons. The number of rotatable bonds is 4. The molecule has 1 heterocycles. The number of nitrogens with zero attached hydrogens (tertiary/aromatic N) is 2. The molecule has 2 unspecified atom stereocenters. The maximum atomic E-state index is 12.3. The zero-order chi connectivity index (χ0) is 13.9. The normalized spacial score (nSPS) is 23.6. The molecule has 1 aliphatic carbocycles. The van der Waals surface area contributed by atoms with Crippen molar-refractivity contribution in [1.29, 1.82) is 0 Å². The van der Waals surface area contributed by atoms with Gasteiger partial charge in [-0.1, -0.05) is 6.42 Å². The van der Waals surface area contributed by atoms with Gasteiger partial charge in [-0.3, -0.25) is 0 Å². The number of aromatic nitrogens is 2. The average molecular weight is 275 g/mol. The summed E-state index contributed by atoms with van der Waals surface area (Å²) in [6.07, 6.45) is -1.23. The highest BCUT2D eigenvalue weighted by atomic mass is 19.4. The fourth-order valence-corrected chi connectivity index (χ4v) is 2.38. The Kier molecular flexibility index (Phi) is 4.24. The van der Waals surface area contributed by atoms with Crippen LogP contribution in [-0.4, -0.2) is 23.3 Å². The SMILES string of the molecule is NCC1CCCC1COc1ccc(C(F)(F)F)nn1. The molecule has 2 atom stereocenters. The van der Waals surface area contributed by atoms with Gasteiger partial charge in [0.2, 0.25) is 5.88 Å². The van der Waals surface area contributed by atoms with Gasteiger partial charge in [0.15, 0.2) is 5.69 Å². The average Bonchev–Trinajstić information content (AvgIpc) is 2.83. The van der Waals surface area contributed by atoms with E-state index in [1.807, 2.05) is 0 Å². The van der Waals surface area contributed by atoms with E-state index in [4.69, 9.17) is 10.5 Å². The maximum Gasteiger partial charge on any atom is 0.435 e. The highest BCUT2D eigenvalue weighted by Gasteiger charge is 2.33. The molecule has 0 bridgehead atoms. The first-order valence-electron chi connectivity index (χ1n) is 6.24. The molecular weight excluding hydrogens is 259 g/mol. The molecule has 1 aromatic heterocycles. The molecule has 1 fully saturated rings. The Morgan fingerprint density at radius 2 is 1.95 bits per heavy atom. The fraction of sp³-hybridized carbons (Fsp3) is 0.667. The van der Waals surface area contributed by atoms with Crippen LogP contribution in [0.25, 0.3) is 0 Å². The summed E-state index contributed by atoms with van der Waals surface area (Å²) in [5.74, 6) is 0.909. The molecule has 0 spiro atoms. The zero-order valence-electron chi connectivity index (χ0n) is 10.4. The fourth-order valence-electron chi connectivity index (χ4n) is 2.38. The molecule has 2 N–H and O–H groups in total. The second kappa shape index (κ2) is 5.73. The van der Waals surface area contributed by atoms with Gasteiger partial charge in [0.05, 0.1) is 6.61 Å². The molecule has 2 rings (SSSR count). The molecule has 1 aromatic rings. The van der Waals surface area contributed by atoms with Gasteiger partial charge < -0.3 is 10.5 Å². The van der Waals surface area contributed by atoms with Crippen LogP contribution >= 0.6 is 0 Å². The highest BCUT2D eigenvalue weighted by Crippen LogP contribution is 2.31. The van der Waals surface area contributed by atoms with Gasteiger partial charge in [0.25, 0.3) is 0 Å². The van der Waals surface area contributed by atoms with E-state index in [-0.39, 0.29) is 5.88 Å². The van der Waals surface area contributed by atoms with Crippen LogP contribution in [0.1, 0.15) is 25.0 Å². The lowest BCUT2D eigenvalue weighted by Crippen LogP contribution is -2.23. The zero-order valence-corrected chi connectivity index (χ0v) is 10.4. The van der Waals surface area contributed by atoms with Gasteiger partial charge >= 0.3 is 6.18 Å². The summed E-state index contributed by atoms with van der Waals surface area (Å²) in [5, 5.41) is 6.54. The van der Waals surface area contributed by atoms with E-state index in [1.54, 1.807) is 0 Å². The van der Waals surface area contributed by atoms with Crippen molar-refractivity contribution in [3.05, 3.63) is 17.8 Å². The van der Waals surface area contributed by atoms with Crippen molar-refractivity contribution < 1.29 is 17.9 Å². The van der Waals surface area contributed by atoms with Crippen molar-refractivity contribution >= 4 is 0 Å². The Morgan fingerprint density at radius 3 is 2.53 bits per heavy atom. The number of alkyl halides is 3. The van der Waals surface area contributed by atoms with Crippen LogP contribution in [0.15, 0.2) is 12.1 Å². The molecule has 0 aliphatic heterocycles. The molecule has 0 saturated heterocycles. The number of hydrogen-bond donors (Lipinski definition) is 1. The molecule has 4 nitrogen and oxygen atoms in total. The summed E-state index contributed by atoms with van der Waals surface area (Å²) in [6, 6.07) is 2.07. The van der Waals surface area contributed by atoms with E-state index < -0.39 is 11.9 Å². The number of hydrogen-bond acceptors (Lipinski definition) is 4. The predicted molar refractivity (Wildman–Crippen MR) is 62.4 cm³/mol. The molecule has 7 heteroatoms. The van der Waals surface area contributed by atoms with Crippen molar-refractivity contribution in [3.63, 3.8) is 0 Å². The topological polar surface area (TPSA) is 61.0 Å². The number of ether oxygens (including phenoxy) is 1. The Morgan fingerprint density at radius 1 is 1.21 bits per heavy atom. The lowest BCUT2D eigenvalue weighted by molar-refractivity contribution is -0.141. The minimum Gasteiger partial charge on any atom is -0.476 e. The molecule has 0 aromatic carbocycles. The van der Waals surface area contributed by atoms with Gasteiger partial charge in [0, 0.05) is 6.07 Å². The molecule has 0 amide bonds. The number of halogens is 3. The Bertz CT molecular complexity index is 408. The summed E-state index contributed by atoms with van der Waals surface area (Å²) < 4.78 is 42.3. The van der Waals surface area contributed by atoms with Crippen LogP contribution in [0.4, 0.5) is 13.2 Å². The van der Waals surface area contributed by atoms with Crippen molar-refractivity contribution in [2.24, 2.45) is 17.6 Å². The van der Waals surface area contributed by atoms with Crippen LogP contribution in [-0.2, 0) is 6.18 Å². The van der Waals surface area contributed by atoms with Gasteiger partial charge in [-0.05, 0) is 37.3 Å². The lowest BCUT2D eigenvalue weighted by atomic mass is 9.97. The lowest BCUT2D eigenvalue weighted by Gasteiger charge is -2.17. The van der Waals surface area contributed by atoms with E-state index in [1.165, 1.54) is 6.07 Å². The third-order valence-electron chi connectivity index (χ3n) is 3.50. The van der Waals surface area contributed by atoms with Crippen molar-refractivity contribution in [2.75, 3.05) is 13.2 Å². The van der Waals surface area contributed by atoms with E-state index in [9.17, 15) is 13.2 Å². The Balaban J connectivity index is 1.90. The van der Waals surface area contributed by atoms with Gasteiger partial charge in [-0.15, -0.1) is 10.2 Å². The van der Waals surface area contributed by atoms with Crippen LogP contribution < -0.4 is 10.5 Å². The first kappa shape index (κ1) is 14.0. The van der Waals surface area contributed by atoms with Crippen molar-refractivity contribution in [2.45, 2.75) is 25.4 Å². The first-order valence-corrected chi connectivity index (χ1v) is 6.24. The van der Waals surface area contributed by atoms with E-state index in [2.05, 4.69) is 10.2 Å². The number of nitrogens with two attached hydrogens (primary N) is 1. The van der Waals surface area contributed by atoms with E-state index in [0.717, 1.165) is 25.3 Å². The quantitative estimate of drug-likeness (QED) is 0.915. The molecular formula is C12H16F3N3O. The van der Waals surface area contributed by atoms with Gasteiger partial charge in [-0.25, -0.2) is 0 Å². The van der Waals surface area contributed by atoms with Crippen molar-refractivity contribution in [1.82, 2.24) is 10.2 Å². The third kappa shape index (κ3) is 3.56. The smallest absolute Gasteiger partial charge is 0.435 e. The van der Waals surface area contributed by atoms with Crippen LogP contribution in [0.2, 0.25) is 0 Å². The standard InChI is InChI=1S/C12H16F3N3O/c13-12(14,15)10-4-5-11(18-17-10)19-7-9-3-1-2-8(9)6-16/h4-5,8-9H,1-3,6-7,16H2. The Hall–Kier alpha value is -1.37. The van der Waals surface area contributed by atoms with Crippen molar-refractivity contribution in [3.8, 4) is 5.88 Å². The molecule has 19 heavy (non-hydrogen) atoms. The molecule has 1 saturated carbocycles. The summed E-state index contributed by atoms with van der Waals surface area (Å²) in [7, 11) is 0. The first-order chi connectivity index (χ1) is 9.00. The van der Waals surface area contributed by atoms with Crippen LogP contribution in [0, 0.1) is 11.8 Å². The second-order valence-electron chi connectivity index (χ2n) is 4.75. The Labute approximate surface area is 109 Å². The van der Waals surface area contributed by atoms with Crippen LogP contribution in [0.3, 0.4) is 0 Å². The summed E-state index contributed by atoms with van der Waals surface area (Å²) in [6.45, 7) is 1.05. The predicted octanol–water partition coefficient (Wildman–Crippen LogP) is 2.25. The second-order valence-corrected chi connectivity index (χ2v) is 4.75. The van der Waals surface area contributed by atoms with Gasteiger partial charge in [-0.2, -0.15) is 13.2 Å². The monoisotopic (exact) mass is 275 g/mol. The summed E-state index contributed by atoms with van der Waals surface area (Å²) in [4.78, 5) is 0. The highest BCUT2D eigenvalue weighted by molar-refractivity contribution is 5.13. The third-order valence-corrected chi connectivity index (χ3v) is 3.50. The minimum atomic E-state index is -4.47.